The molecule has 0 aromatic carbocycles. The van der Waals surface area contributed by atoms with Crippen LogP contribution in [0.5, 0.6) is 0 Å². The second-order valence-electron chi connectivity index (χ2n) is 5.48. The van der Waals surface area contributed by atoms with Gasteiger partial charge in [-0.2, -0.15) is 0 Å². The highest BCUT2D eigenvalue weighted by molar-refractivity contribution is 7.30. The normalized spacial score (nSPS) is 13.4. The predicted molar refractivity (Wildman–Crippen MR) is 82.9 cm³/mol. The van der Waals surface area contributed by atoms with E-state index in [4.69, 9.17) is 4.52 Å². The first-order valence-corrected chi connectivity index (χ1v) is 9.26. The Labute approximate surface area is 125 Å². The summed E-state index contributed by atoms with van der Waals surface area (Å²) < 4.78 is 15.4. The fraction of sp³-hybridized carbons (Fsp3) is 1.00. The van der Waals surface area contributed by atoms with Crippen LogP contribution in [0.1, 0.15) is 77.6 Å². The van der Waals surface area contributed by atoms with E-state index < -0.39 is 8.25 Å². The molecule has 0 saturated carbocycles. The van der Waals surface area contributed by atoms with Crippen molar-refractivity contribution in [1.29, 1.82) is 0 Å². The molecule has 0 rings (SSSR count). The fourth-order valence-electron chi connectivity index (χ4n) is 2.40. The summed E-state index contributed by atoms with van der Waals surface area (Å²) in [6.45, 7) is 2.84. The van der Waals surface area contributed by atoms with Gasteiger partial charge in [0.1, 0.15) is 6.10 Å². The van der Waals surface area contributed by atoms with E-state index in [-0.39, 0.29) is 6.10 Å². The maximum absolute atomic E-state index is 10.6. The lowest BCUT2D eigenvalue weighted by Crippen LogP contribution is -2.25. The van der Waals surface area contributed by atoms with Crippen LogP contribution < -0.4 is 10.2 Å². The zero-order valence-corrected chi connectivity index (χ0v) is 14.1. The molecule has 0 amide bonds. The summed E-state index contributed by atoms with van der Waals surface area (Å²) in [5.74, 6) is 0. The minimum atomic E-state index is -2.73. The van der Waals surface area contributed by atoms with Crippen LogP contribution in [0.15, 0.2) is 0 Å². The van der Waals surface area contributed by atoms with E-state index in [9.17, 15) is 9.46 Å². The molecule has 120 valence electrons. The molecule has 0 spiro atoms. The van der Waals surface area contributed by atoms with Crippen LogP contribution in [-0.4, -0.2) is 19.7 Å². The van der Waals surface area contributed by atoms with Gasteiger partial charge >= 0.3 is 8.25 Å². The molecule has 2 unspecified atom stereocenters. The number of likely N-dealkylation sites (N-methyl/N-ethyl adjacent to an activating group) is 1. The Hall–Kier alpha value is -0.0200. The van der Waals surface area contributed by atoms with Crippen LogP contribution in [0.4, 0.5) is 0 Å². The third kappa shape index (κ3) is 14.4. The SMILES string of the molecule is CCCCCCCCCCCCC(CNC)O[P+](=O)[O-]. The molecule has 4 nitrogen and oxygen atoms in total. The van der Waals surface area contributed by atoms with Gasteiger partial charge < -0.3 is 10.2 Å². The summed E-state index contributed by atoms with van der Waals surface area (Å²) in [5.41, 5.74) is 0. The Morgan fingerprint density at radius 3 is 1.95 bits per heavy atom. The van der Waals surface area contributed by atoms with Gasteiger partial charge in [0.05, 0.1) is 0 Å². The lowest BCUT2D eigenvalue weighted by Gasteiger charge is -2.10. The summed E-state index contributed by atoms with van der Waals surface area (Å²) in [6.07, 6.45) is 13.5. The van der Waals surface area contributed by atoms with Crippen molar-refractivity contribution in [3.63, 3.8) is 0 Å². The zero-order chi connectivity index (χ0) is 15.1. The van der Waals surface area contributed by atoms with Crippen LogP contribution in [-0.2, 0) is 9.09 Å². The number of hydrogen-bond acceptors (Lipinski definition) is 4. The molecule has 0 aliphatic rings. The van der Waals surface area contributed by atoms with Gasteiger partial charge in [-0.15, -0.1) is 4.52 Å². The van der Waals surface area contributed by atoms with Crippen LogP contribution in [0.25, 0.3) is 0 Å². The molecule has 0 aromatic rings. The van der Waals surface area contributed by atoms with Gasteiger partial charge in [-0.05, 0) is 18.0 Å². The molecule has 0 bridgehead atoms. The van der Waals surface area contributed by atoms with Crippen molar-refractivity contribution in [2.75, 3.05) is 13.6 Å². The quantitative estimate of drug-likeness (QED) is 0.368. The van der Waals surface area contributed by atoms with Crippen molar-refractivity contribution >= 4 is 8.25 Å². The van der Waals surface area contributed by atoms with E-state index in [0.29, 0.717) is 6.54 Å². The third-order valence-electron chi connectivity index (χ3n) is 3.55. The average molecular weight is 305 g/mol. The maximum Gasteiger partial charge on any atom is 0.488 e. The van der Waals surface area contributed by atoms with Crippen LogP contribution in [0.2, 0.25) is 0 Å². The Morgan fingerprint density at radius 2 is 1.50 bits per heavy atom. The van der Waals surface area contributed by atoms with E-state index in [1.807, 2.05) is 7.05 Å². The molecular weight excluding hydrogens is 273 g/mol. The van der Waals surface area contributed by atoms with Crippen molar-refractivity contribution in [3.05, 3.63) is 0 Å². The largest absolute Gasteiger partial charge is 0.566 e. The van der Waals surface area contributed by atoms with Gasteiger partial charge in [0.25, 0.3) is 0 Å². The van der Waals surface area contributed by atoms with Crippen LogP contribution in [0.3, 0.4) is 0 Å². The van der Waals surface area contributed by atoms with E-state index in [0.717, 1.165) is 12.8 Å². The molecule has 0 radical (unpaired) electrons. The molecule has 0 saturated heterocycles. The lowest BCUT2D eigenvalue weighted by molar-refractivity contribution is -0.189. The molecule has 0 aliphatic heterocycles. The highest BCUT2D eigenvalue weighted by atomic mass is 31.1. The van der Waals surface area contributed by atoms with E-state index in [1.165, 1.54) is 57.8 Å². The second-order valence-corrected chi connectivity index (χ2v) is 6.14. The molecule has 0 fully saturated rings. The van der Waals surface area contributed by atoms with Gasteiger partial charge in [-0.3, -0.25) is 0 Å². The minimum absolute atomic E-state index is 0.199. The third-order valence-corrected chi connectivity index (χ3v) is 4.02. The van der Waals surface area contributed by atoms with Gasteiger partial charge in [-0.1, -0.05) is 71.1 Å². The van der Waals surface area contributed by atoms with E-state index in [1.54, 1.807) is 0 Å². The van der Waals surface area contributed by atoms with E-state index in [2.05, 4.69) is 12.2 Å². The van der Waals surface area contributed by atoms with Gasteiger partial charge in [0.15, 0.2) is 0 Å². The summed E-state index contributed by atoms with van der Waals surface area (Å²) in [7, 11) is -0.917. The molecule has 5 heteroatoms. The van der Waals surface area contributed by atoms with Crippen molar-refractivity contribution in [1.82, 2.24) is 5.32 Å². The lowest BCUT2D eigenvalue weighted by atomic mass is 10.0. The molecule has 1 N–H and O–H groups in total. The predicted octanol–water partition coefficient (Wildman–Crippen LogP) is 3.92. The Bertz CT molecular complexity index is 227. The second kappa shape index (κ2) is 15.4. The molecular formula is C15H32NO3P. The number of hydrogen-bond donors (Lipinski definition) is 1. The van der Waals surface area contributed by atoms with Crippen molar-refractivity contribution in [3.8, 4) is 0 Å². The van der Waals surface area contributed by atoms with Gasteiger partial charge in [-0.25, -0.2) is 0 Å². The summed E-state index contributed by atoms with van der Waals surface area (Å²) in [4.78, 5) is 10.6. The Balaban J connectivity index is 3.34. The standard InChI is InChI=1S/C15H32NO3P/c1-3-4-5-6-7-8-9-10-11-12-13-15(14-16-2)19-20(17)18/h15-16H,3-14H2,1-2H3. The average Bonchev–Trinajstić information content (AvgIpc) is 2.40. The first-order valence-electron chi connectivity index (χ1n) is 8.16. The Kier molecular flexibility index (Phi) is 15.4. The highest BCUT2D eigenvalue weighted by Gasteiger charge is 2.15. The first-order chi connectivity index (χ1) is 9.70. The molecule has 20 heavy (non-hydrogen) atoms. The van der Waals surface area contributed by atoms with Gasteiger partial charge in [0.2, 0.25) is 0 Å². The number of unbranched alkanes of at least 4 members (excludes halogenated alkanes) is 9. The monoisotopic (exact) mass is 305 g/mol. The smallest absolute Gasteiger partial charge is 0.488 e. The molecule has 0 aromatic heterocycles. The number of nitrogens with one attached hydrogen (secondary N) is 1. The van der Waals surface area contributed by atoms with Crippen molar-refractivity contribution in [2.45, 2.75) is 83.7 Å². The van der Waals surface area contributed by atoms with Crippen LogP contribution >= 0.6 is 8.25 Å². The fourth-order valence-corrected chi connectivity index (χ4v) is 2.82. The summed E-state index contributed by atoms with van der Waals surface area (Å²) in [5, 5.41) is 2.97. The summed E-state index contributed by atoms with van der Waals surface area (Å²) in [6, 6.07) is 0. The Morgan fingerprint density at radius 1 is 1.00 bits per heavy atom. The topological polar surface area (TPSA) is 61.4 Å². The molecule has 0 aliphatic carbocycles. The van der Waals surface area contributed by atoms with Crippen LogP contribution in [0, 0.1) is 0 Å². The van der Waals surface area contributed by atoms with Crippen molar-refractivity contribution < 1.29 is 14.0 Å². The maximum atomic E-state index is 10.6. The summed E-state index contributed by atoms with van der Waals surface area (Å²) >= 11 is 0. The van der Waals surface area contributed by atoms with Gasteiger partial charge in [0, 0.05) is 6.54 Å². The van der Waals surface area contributed by atoms with E-state index >= 15 is 0 Å². The highest BCUT2D eigenvalue weighted by Crippen LogP contribution is 2.18. The minimum Gasteiger partial charge on any atom is -0.566 e. The zero-order valence-electron chi connectivity index (χ0n) is 13.2. The first kappa shape index (κ1) is 20.0. The number of rotatable bonds is 15. The van der Waals surface area contributed by atoms with Crippen molar-refractivity contribution in [2.24, 2.45) is 0 Å². The molecule has 2 atom stereocenters. The molecule has 0 heterocycles.